The van der Waals surface area contributed by atoms with E-state index in [1.165, 1.54) is 12.8 Å². The number of hydrogen-bond donors (Lipinski definition) is 1. The molecule has 0 unspecified atom stereocenters. The molecular formula is C20H31N5O2. The van der Waals surface area contributed by atoms with Crippen LogP contribution in [0.1, 0.15) is 63.1 Å². The molecule has 0 bridgehead atoms. The summed E-state index contributed by atoms with van der Waals surface area (Å²) in [5.41, 5.74) is 0.946. The lowest BCUT2D eigenvalue weighted by atomic mass is 9.98. The highest BCUT2D eigenvalue weighted by atomic mass is 16.2. The predicted octanol–water partition coefficient (Wildman–Crippen LogP) is 3.17. The lowest BCUT2D eigenvalue weighted by molar-refractivity contribution is -0.128. The van der Waals surface area contributed by atoms with Crippen molar-refractivity contribution >= 4 is 17.8 Å². The second-order valence-electron chi connectivity index (χ2n) is 8.38. The summed E-state index contributed by atoms with van der Waals surface area (Å²) < 4.78 is 2.02. The third-order valence-corrected chi connectivity index (χ3v) is 6.22. The van der Waals surface area contributed by atoms with Gasteiger partial charge in [-0.05, 0) is 44.9 Å². The summed E-state index contributed by atoms with van der Waals surface area (Å²) in [5.74, 6) is 1.47. The number of aryl methyl sites for hydroxylation is 1. The topological polar surface area (TPSA) is 70.5 Å². The molecule has 1 aromatic rings. The van der Waals surface area contributed by atoms with Crippen molar-refractivity contribution in [3.8, 4) is 0 Å². The first-order chi connectivity index (χ1) is 13.1. The van der Waals surface area contributed by atoms with Gasteiger partial charge in [-0.15, -0.1) is 0 Å². The van der Waals surface area contributed by atoms with Gasteiger partial charge < -0.3 is 9.80 Å². The van der Waals surface area contributed by atoms with Gasteiger partial charge in [0.05, 0.1) is 11.7 Å². The molecular weight excluding hydrogens is 342 g/mol. The summed E-state index contributed by atoms with van der Waals surface area (Å²) in [6.07, 6.45) is 8.49. The molecule has 7 nitrogen and oxygen atoms in total. The molecule has 4 rings (SSSR count). The summed E-state index contributed by atoms with van der Waals surface area (Å²) >= 11 is 0. The van der Waals surface area contributed by atoms with Crippen LogP contribution in [0.5, 0.6) is 0 Å². The number of carbonyl (C=O) groups excluding carboxylic acids is 2. The Balaban J connectivity index is 1.37. The van der Waals surface area contributed by atoms with Crippen molar-refractivity contribution in [1.29, 1.82) is 0 Å². The zero-order chi connectivity index (χ0) is 18.8. The van der Waals surface area contributed by atoms with Crippen molar-refractivity contribution < 1.29 is 9.59 Å². The number of aromatic nitrogens is 2. The first kappa shape index (κ1) is 18.3. The van der Waals surface area contributed by atoms with E-state index in [2.05, 4.69) is 10.4 Å². The molecule has 1 saturated carbocycles. The number of piperidine rings is 1. The maximum absolute atomic E-state index is 12.9. The van der Waals surface area contributed by atoms with E-state index in [0.717, 1.165) is 69.8 Å². The lowest BCUT2D eigenvalue weighted by Crippen LogP contribution is -2.45. The van der Waals surface area contributed by atoms with E-state index in [4.69, 9.17) is 0 Å². The second-order valence-corrected chi connectivity index (χ2v) is 8.38. The quantitative estimate of drug-likeness (QED) is 0.881. The maximum Gasteiger partial charge on any atom is 0.323 e. The third-order valence-electron chi connectivity index (χ3n) is 6.22. The molecule has 3 amide bonds. The van der Waals surface area contributed by atoms with Gasteiger partial charge in [-0.2, -0.15) is 5.10 Å². The molecule has 148 valence electrons. The van der Waals surface area contributed by atoms with E-state index in [1.807, 2.05) is 27.5 Å². The summed E-state index contributed by atoms with van der Waals surface area (Å²) in [5, 5.41) is 7.73. The minimum Gasteiger partial charge on any atom is -0.342 e. The average Bonchev–Trinajstić information content (AvgIpc) is 3.38. The highest BCUT2D eigenvalue weighted by Crippen LogP contribution is 2.32. The van der Waals surface area contributed by atoms with Gasteiger partial charge in [0.1, 0.15) is 5.82 Å². The van der Waals surface area contributed by atoms with Gasteiger partial charge in [-0.25, -0.2) is 9.48 Å². The molecule has 7 heteroatoms. The number of nitrogens with one attached hydrogen (secondary N) is 1. The first-order valence-corrected chi connectivity index (χ1v) is 10.5. The molecule has 3 aliphatic rings. The third kappa shape index (κ3) is 4.12. The van der Waals surface area contributed by atoms with E-state index < -0.39 is 0 Å². The zero-order valence-corrected chi connectivity index (χ0v) is 16.3. The molecule has 2 aliphatic heterocycles. The Bertz CT molecular complexity index is 695. The van der Waals surface area contributed by atoms with Crippen molar-refractivity contribution in [2.75, 3.05) is 31.5 Å². The van der Waals surface area contributed by atoms with E-state index >= 15 is 0 Å². The highest BCUT2D eigenvalue weighted by molar-refractivity contribution is 5.88. The van der Waals surface area contributed by atoms with Crippen LogP contribution in [0.15, 0.2) is 6.07 Å². The predicted molar refractivity (Wildman–Crippen MR) is 104 cm³/mol. The van der Waals surface area contributed by atoms with Crippen LogP contribution in [0.3, 0.4) is 0 Å². The molecule has 1 aromatic heterocycles. The van der Waals surface area contributed by atoms with Crippen molar-refractivity contribution in [2.45, 2.75) is 64.3 Å². The molecule has 2 saturated heterocycles. The van der Waals surface area contributed by atoms with Crippen LogP contribution in [0.4, 0.5) is 10.6 Å². The smallest absolute Gasteiger partial charge is 0.323 e. The van der Waals surface area contributed by atoms with E-state index in [1.54, 1.807) is 0 Å². The zero-order valence-electron chi connectivity index (χ0n) is 16.3. The molecule has 0 spiro atoms. The van der Waals surface area contributed by atoms with Crippen LogP contribution in [-0.4, -0.2) is 57.7 Å². The SMILES string of the molecule is Cc1cc(NC(=O)N2CCC[C@H](CN3CCCC3=O)C2)n(C2CCCC2)n1. The molecule has 1 aliphatic carbocycles. The van der Waals surface area contributed by atoms with Gasteiger partial charge in [-0.1, -0.05) is 12.8 Å². The summed E-state index contributed by atoms with van der Waals surface area (Å²) in [6.45, 7) is 5.16. The molecule has 3 fully saturated rings. The van der Waals surface area contributed by atoms with Crippen LogP contribution in [0.2, 0.25) is 0 Å². The number of hydrogen-bond acceptors (Lipinski definition) is 3. The van der Waals surface area contributed by atoms with Gasteiger partial charge in [0.25, 0.3) is 0 Å². The second kappa shape index (κ2) is 7.90. The Morgan fingerprint density at radius 2 is 2.00 bits per heavy atom. The fourth-order valence-electron chi connectivity index (χ4n) is 4.83. The molecule has 1 N–H and O–H groups in total. The van der Waals surface area contributed by atoms with Crippen LogP contribution in [0.25, 0.3) is 0 Å². The Morgan fingerprint density at radius 1 is 1.19 bits per heavy atom. The number of amides is 3. The number of carbonyl (C=O) groups is 2. The van der Waals surface area contributed by atoms with Gasteiger partial charge in [0, 0.05) is 38.7 Å². The van der Waals surface area contributed by atoms with Crippen molar-refractivity contribution in [1.82, 2.24) is 19.6 Å². The number of rotatable bonds is 4. The normalized spacial score (nSPS) is 24.0. The largest absolute Gasteiger partial charge is 0.342 e. The minimum absolute atomic E-state index is 0.0356. The van der Waals surface area contributed by atoms with Gasteiger partial charge in [0.15, 0.2) is 0 Å². The fraction of sp³-hybridized carbons (Fsp3) is 0.750. The molecule has 0 radical (unpaired) electrons. The summed E-state index contributed by atoms with van der Waals surface area (Å²) in [6, 6.07) is 2.34. The number of likely N-dealkylation sites (tertiary alicyclic amines) is 2. The minimum atomic E-state index is -0.0356. The number of nitrogens with zero attached hydrogens (tertiary/aromatic N) is 4. The fourth-order valence-corrected chi connectivity index (χ4v) is 4.83. The van der Waals surface area contributed by atoms with E-state index in [0.29, 0.717) is 18.4 Å². The van der Waals surface area contributed by atoms with Crippen LogP contribution >= 0.6 is 0 Å². The van der Waals surface area contributed by atoms with Crippen LogP contribution in [0, 0.1) is 12.8 Å². The molecule has 3 heterocycles. The average molecular weight is 374 g/mol. The van der Waals surface area contributed by atoms with Crippen LogP contribution < -0.4 is 5.32 Å². The highest BCUT2D eigenvalue weighted by Gasteiger charge is 2.29. The van der Waals surface area contributed by atoms with Crippen LogP contribution in [-0.2, 0) is 4.79 Å². The van der Waals surface area contributed by atoms with E-state index in [-0.39, 0.29) is 11.9 Å². The van der Waals surface area contributed by atoms with Gasteiger partial charge in [-0.3, -0.25) is 10.1 Å². The Morgan fingerprint density at radius 3 is 2.74 bits per heavy atom. The summed E-state index contributed by atoms with van der Waals surface area (Å²) in [7, 11) is 0. The van der Waals surface area contributed by atoms with Crippen molar-refractivity contribution in [3.05, 3.63) is 11.8 Å². The molecule has 27 heavy (non-hydrogen) atoms. The monoisotopic (exact) mass is 373 g/mol. The molecule has 0 aromatic carbocycles. The molecule has 1 atom stereocenters. The van der Waals surface area contributed by atoms with Gasteiger partial charge >= 0.3 is 6.03 Å². The number of anilines is 1. The first-order valence-electron chi connectivity index (χ1n) is 10.5. The van der Waals surface area contributed by atoms with E-state index in [9.17, 15) is 9.59 Å². The number of urea groups is 1. The maximum atomic E-state index is 12.9. The Hall–Kier alpha value is -2.05. The van der Waals surface area contributed by atoms with Gasteiger partial charge in [0.2, 0.25) is 5.91 Å². The van der Waals surface area contributed by atoms with Crippen molar-refractivity contribution in [3.63, 3.8) is 0 Å². The Kier molecular flexibility index (Phi) is 5.36. The standard InChI is InChI=1S/C20H31N5O2/c1-15-12-18(25(22-15)17-7-2-3-8-17)21-20(27)24-11-4-6-16(14-24)13-23-10-5-9-19(23)26/h12,16-17H,2-11,13-14H2,1H3,(H,21,27)/t16-/m1/s1. The summed E-state index contributed by atoms with van der Waals surface area (Å²) in [4.78, 5) is 28.7. The Labute approximate surface area is 161 Å². The lowest BCUT2D eigenvalue weighted by Gasteiger charge is -2.34. The van der Waals surface area contributed by atoms with Crippen molar-refractivity contribution in [2.24, 2.45) is 5.92 Å².